The van der Waals surface area contributed by atoms with Crippen molar-refractivity contribution < 1.29 is 19.1 Å². The van der Waals surface area contributed by atoms with Gasteiger partial charge in [0, 0.05) is 36.8 Å². The highest BCUT2D eigenvalue weighted by molar-refractivity contribution is 6.11. The highest BCUT2D eigenvalue weighted by Gasteiger charge is 2.35. The summed E-state index contributed by atoms with van der Waals surface area (Å²) in [6.07, 6.45) is 5.28. The smallest absolute Gasteiger partial charge is 0.246 e. The number of pyridine rings is 1. The number of Topliss-reactive ketones (excluding diaryl/α,β-unsaturated/α-hetero) is 1. The number of benzene rings is 1. The monoisotopic (exact) mass is 485 g/mol. The van der Waals surface area contributed by atoms with Crippen molar-refractivity contribution in [1.29, 1.82) is 0 Å². The van der Waals surface area contributed by atoms with Crippen LogP contribution in [0.1, 0.15) is 46.9 Å². The largest absolute Gasteiger partial charge is 0.497 e. The van der Waals surface area contributed by atoms with Crippen LogP contribution in [-0.2, 0) is 4.79 Å². The zero-order chi connectivity index (χ0) is 25.4. The summed E-state index contributed by atoms with van der Waals surface area (Å²) in [6, 6.07) is 5.24. The fraction of sp³-hybridized carbons (Fsp3) is 0.333. The second-order valence-electron chi connectivity index (χ2n) is 8.99. The molecule has 9 heteroatoms. The Balaban J connectivity index is 1.65. The van der Waals surface area contributed by atoms with E-state index in [0.29, 0.717) is 58.7 Å². The number of methoxy groups -OCH3 is 2. The first-order valence-electron chi connectivity index (χ1n) is 11.8. The maximum absolute atomic E-state index is 13.2. The van der Waals surface area contributed by atoms with Gasteiger partial charge in [0.05, 0.1) is 36.7 Å². The number of rotatable bonds is 6. The number of fused-ring (bicyclic) bond motifs is 1. The van der Waals surface area contributed by atoms with E-state index in [2.05, 4.69) is 23.4 Å². The van der Waals surface area contributed by atoms with Crippen molar-refractivity contribution in [3.05, 3.63) is 53.9 Å². The maximum Gasteiger partial charge on any atom is 0.246 e. The van der Waals surface area contributed by atoms with E-state index in [1.54, 1.807) is 43.5 Å². The molecule has 1 aliphatic carbocycles. The van der Waals surface area contributed by atoms with Crippen molar-refractivity contribution in [3.63, 3.8) is 0 Å². The summed E-state index contributed by atoms with van der Waals surface area (Å²) < 4.78 is 12.5. The van der Waals surface area contributed by atoms with E-state index < -0.39 is 0 Å². The molecule has 1 atom stereocenters. The van der Waals surface area contributed by atoms with Gasteiger partial charge in [0.1, 0.15) is 23.0 Å². The average Bonchev–Trinajstić information content (AvgIpc) is 3.51. The molecular weight excluding hydrogens is 458 g/mol. The van der Waals surface area contributed by atoms with E-state index >= 15 is 0 Å². The molecule has 1 aliphatic heterocycles. The molecule has 0 radical (unpaired) electrons. The van der Waals surface area contributed by atoms with Crippen LogP contribution < -0.4 is 15.2 Å². The third-order valence-corrected chi connectivity index (χ3v) is 6.64. The number of anilines is 1. The van der Waals surface area contributed by atoms with E-state index in [-0.39, 0.29) is 29.5 Å². The number of aromatic nitrogens is 3. The van der Waals surface area contributed by atoms with E-state index in [1.165, 1.54) is 6.08 Å². The van der Waals surface area contributed by atoms with Crippen molar-refractivity contribution >= 4 is 28.4 Å². The average molecular weight is 486 g/mol. The van der Waals surface area contributed by atoms with E-state index in [4.69, 9.17) is 20.3 Å². The molecule has 5 rings (SSSR count). The molecule has 9 nitrogen and oxygen atoms in total. The Bertz CT molecular complexity index is 1420. The summed E-state index contributed by atoms with van der Waals surface area (Å²) >= 11 is 0. The molecule has 0 bridgehead atoms. The molecule has 1 saturated carbocycles. The van der Waals surface area contributed by atoms with Gasteiger partial charge in [-0.15, -0.1) is 0 Å². The minimum atomic E-state index is -0.128. The highest BCUT2D eigenvalue weighted by atomic mass is 16.5. The third-order valence-electron chi connectivity index (χ3n) is 6.64. The van der Waals surface area contributed by atoms with Crippen LogP contribution in [0, 0.1) is 17.8 Å². The number of nitrogens with zero attached hydrogens (tertiary/aromatic N) is 4. The Hall–Kier alpha value is -4.32. The summed E-state index contributed by atoms with van der Waals surface area (Å²) in [5.41, 5.74) is 8.56. The van der Waals surface area contributed by atoms with Gasteiger partial charge in [-0.05, 0) is 43.4 Å². The summed E-state index contributed by atoms with van der Waals surface area (Å²) in [7, 11) is 3.15. The van der Waals surface area contributed by atoms with Gasteiger partial charge in [-0.3, -0.25) is 14.3 Å². The number of carbonyl (C=O) groups excluding carboxylic acids is 2. The minimum Gasteiger partial charge on any atom is -0.497 e. The molecule has 2 aliphatic rings. The quantitative estimate of drug-likeness (QED) is 0.324. The SMILES string of the molecule is C=CC(=O)N1CC[C@H](n2nc(C#Cc3cc(OC)cc(OC)c3)c3c(N)ncc(C(=O)C4CC4)c32)C1. The van der Waals surface area contributed by atoms with Gasteiger partial charge in [-0.1, -0.05) is 12.5 Å². The molecule has 2 N–H and O–H groups in total. The predicted octanol–water partition coefficient (Wildman–Crippen LogP) is 2.98. The van der Waals surface area contributed by atoms with Crippen molar-refractivity contribution in [2.75, 3.05) is 33.0 Å². The first-order valence-corrected chi connectivity index (χ1v) is 11.8. The standard InChI is InChI=1S/C27H27N5O4/c1-4-23(33)31-10-9-18(15-31)32-25-21(26(34)17-6-7-17)14-29-27(28)24(25)22(30-32)8-5-16-11-19(35-2)13-20(12-16)36-3/h4,11-14,17-18H,1,6-7,9-10,15H2,2-3H3,(H2,28,29)/t18-/m0/s1. The Morgan fingerprint density at radius 3 is 2.50 bits per heavy atom. The predicted molar refractivity (Wildman–Crippen MR) is 135 cm³/mol. The van der Waals surface area contributed by atoms with Crippen LogP contribution in [0.15, 0.2) is 37.1 Å². The molecule has 2 fully saturated rings. The molecule has 184 valence electrons. The highest BCUT2D eigenvalue weighted by Crippen LogP contribution is 2.37. The number of nitrogens with two attached hydrogens (primary N) is 1. The molecule has 0 unspecified atom stereocenters. The lowest BCUT2D eigenvalue weighted by atomic mass is 10.0. The van der Waals surface area contributed by atoms with E-state index in [1.807, 2.05) is 4.68 Å². The molecule has 3 heterocycles. The summed E-state index contributed by atoms with van der Waals surface area (Å²) in [6.45, 7) is 4.63. The lowest BCUT2D eigenvalue weighted by molar-refractivity contribution is -0.125. The minimum absolute atomic E-state index is 0.00294. The van der Waals surface area contributed by atoms with Crippen LogP contribution in [0.5, 0.6) is 11.5 Å². The zero-order valence-corrected chi connectivity index (χ0v) is 20.3. The van der Waals surface area contributed by atoms with Crippen LogP contribution >= 0.6 is 0 Å². The normalized spacial score (nSPS) is 16.9. The van der Waals surface area contributed by atoms with Crippen LogP contribution in [0.2, 0.25) is 0 Å². The van der Waals surface area contributed by atoms with Gasteiger partial charge < -0.3 is 20.1 Å². The second-order valence-corrected chi connectivity index (χ2v) is 8.99. The molecule has 36 heavy (non-hydrogen) atoms. The molecule has 2 aromatic heterocycles. The van der Waals surface area contributed by atoms with Crippen molar-refractivity contribution in [1.82, 2.24) is 19.7 Å². The number of ether oxygens (including phenoxy) is 2. The summed E-state index contributed by atoms with van der Waals surface area (Å²) in [5.74, 6) is 7.66. The fourth-order valence-electron chi connectivity index (χ4n) is 4.57. The molecule has 1 aromatic carbocycles. The molecular formula is C27H27N5O4. The van der Waals surface area contributed by atoms with Crippen molar-refractivity contribution in [2.45, 2.75) is 25.3 Å². The van der Waals surface area contributed by atoms with E-state index in [9.17, 15) is 9.59 Å². The number of amides is 1. The number of hydrogen-bond acceptors (Lipinski definition) is 7. The van der Waals surface area contributed by atoms with Crippen LogP contribution in [0.4, 0.5) is 5.82 Å². The lowest BCUT2D eigenvalue weighted by Crippen LogP contribution is -2.27. The molecule has 3 aromatic rings. The van der Waals surface area contributed by atoms with Crippen LogP contribution in [0.3, 0.4) is 0 Å². The molecule has 1 saturated heterocycles. The van der Waals surface area contributed by atoms with Gasteiger partial charge in [-0.2, -0.15) is 5.10 Å². The van der Waals surface area contributed by atoms with Gasteiger partial charge in [-0.25, -0.2) is 4.98 Å². The Labute approximate surface area is 208 Å². The topological polar surface area (TPSA) is 113 Å². The first-order chi connectivity index (χ1) is 17.4. The van der Waals surface area contributed by atoms with Gasteiger partial charge in [0.2, 0.25) is 5.91 Å². The van der Waals surface area contributed by atoms with Gasteiger partial charge >= 0.3 is 0 Å². The number of likely N-dealkylation sites (tertiary alicyclic amines) is 1. The number of nitrogen functional groups attached to an aromatic ring is 1. The Morgan fingerprint density at radius 2 is 1.86 bits per heavy atom. The first kappa shape index (κ1) is 23.4. The number of carbonyl (C=O) groups is 2. The summed E-state index contributed by atoms with van der Waals surface area (Å²) in [4.78, 5) is 31.4. The van der Waals surface area contributed by atoms with E-state index in [0.717, 1.165) is 12.8 Å². The van der Waals surface area contributed by atoms with Gasteiger partial charge in [0.25, 0.3) is 0 Å². The summed E-state index contributed by atoms with van der Waals surface area (Å²) in [5, 5.41) is 5.37. The second kappa shape index (κ2) is 9.38. The maximum atomic E-state index is 13.2. The molecule has 0 spiro atoms. The third kappa shape index (κ3) is 4.26. The number of ketones is 1. The molecule has 1 amide bonds. The Kier molecular flexibility index (Phi) is 6.10. The van der Waals surface area contributed by atoms with Crippen LogP contribution in [0.25, 0.3) is 10.9 Å². The zero-order valence-electron chi connectivity index (χ0n) is 20.3. The van der Waals surface area contributed by atoms with Crippen molar-refractivity contribution in [3.8, 4) is 23.3 Å². The fourth-order valence-corrected chi connectivity index (χ4v) is 4.57. The van der Waals surface area contributed by atoms with Gasteiger partial charge in [0.15, 0.2) is 5.78 Å². The lowest BCUT2D eigenvalue weighted by Gasteiger charge is -2.16. The Morgan fingerprint density at radius 1 is 1.14 bits per heavy atom. The van der Waals surface area contributed by atoms with Crippen LogP contribution in [-0.4, -0.2) is 58.7 Å². The van der Waals surface area contributed by atoms with Crippen molar-refractivity contribution in [2.24, 2.45) is 5.92 Å². The number of hydrogen-bond donors (Lipinski definition) is 1.